The van der Waals surface area contributed by atoms with Crippen LogP contribution in [0.3, 0.4) is 0 Å². The van der Waals surface area contributed by atoms with Crippen LogP contribution in [0.5, 0.6) is 5.75 Å². The van der Waals surface area contributed by atoms with E-state index in [9.17, 15) is 4.79 Å². The molecule has 3 heteroatoms. The van der Waals surface area contributed by atoms with Gasteiger partial charge in [0.2, 0.25) is 0 Å². The number of rotatable bonds is 6. The van der Waals surface area contributed by atoms with Crippen LogP contribution in [0, 0.1) is 0 Å². The molecule has 3 aromatic rings. The van der Waals surface area contributed by atoms with Gasteiger partial charge in [-0.25, -0.2) is 0 Å². The quantitative estimate of drug-likeness (QED) is 0.384. The molecule has 124 valence electrons. The van der Waals surface area contributed by atoms with E-state index in [2.05, 4.69) is 15.9 Å². The minimum absolute atomic E-state index is 0.0128. The number of hydrogen-bond donors (Lipinski definition) is 0. The van der Waals surface area contributed by atoms with Crippen molar-refractivity contribution in [2.24, 2.45) is 0 Å². The summed E-state index contributed by atoms with van der Waals surface area (Å²) in [6.07, 6.45) is 3.39. The highest BCUT2D eigenvalue weighted by atomic mass is 79.9. The third-order valence-corrected chi connectivity index (χ3v) is 4.30. The highest BCUT2D eigenvalue weighted by molar-refractivity contribution is 9.10. The molecule has 2 nitrogen and oxygen atoms in total. The maximum Gasteiger partial charge on any atom is 0.185 e. The predicted octanol–water partition coefficient (Wildman–Crippen LogP) is 5.92. The van der Waals surface area contributed by atoms with Gasteiger partial charge >= 0.3 is 0 Å². The Morgan fingerprint density at radius 3 is 2.28 bits per heavy atom. The fraction of sp³-hybridized carbons (Fsp3) is 0.0455. The lowest BCUT2D eigenvalue weighted by molar-refractivity contribution is 0.104. The van der Waals surface area contributed by atoms with Gasteiger partial charge in [0.15, 0.2) is 5.78 Å². The predicted molar refractivity (Wildman–Crippen MR) is 105 cm³/mol. The molecule has 3 rings (SSSR count). The molecule has 0 fully saturated rings. The summed E-state index contributed by atoms with van der Waals surface area (Å²) < 4.78 is 6.69. The van der Waals surface area contributed by atoms with Crippen LogP contribution in [-0.2, 0) is 6.61 Å². The van der Waals surface area contributed by atoms with Crippen molar-refractivity contribution in [3.05, 3.63) is 106 Å². The van der Waals surface area contributed by atoms with Gasteiger partial charge in [0.1, 0.15) is 12.4 Å². The Morgan fingerprint density at radius 2 is 1.60 bits per heavy atom. The van der Waals surface area contributed by atoms with Gasteiger partial charge in [-0.1, -0.05) is 72.8 Å². The Kier molecular flexibility index (Phi) is 5.81. The summed E-state index contributed by atoms with van der Waals surface area (Å²) in [5.41, 5.74) is 2.73. The Bertz CT molecular complexity index is 871. The highest BCUT2D eigenvalue weighted by Crippen LogP contribution is 2.27. The smallest absolute Gasteiger partial charge is 0.185 e. The molecule has 3 aromatic carbocycles. The van der Waals surface area contributed by atoms with Crippen LogP contribution in [0.2, 0.25) is 0 Å². The molecule has 0 aliphatic heterocycles. The van der Waals surface area contributed by atoms with Gasteiger partial charge in [-0.05, 0) is 45.3 Å². The first-order valence-corrected chi connectivity index (χ1v) is 8.75. The molecule has 0 aliphatic rings. The summed E-state index contributed by atoms with van der Waals surface area (Å²) in [5, 5.41) is 0. The minimum atomic E-state index is -0.0128. The van der Waals surface area contributed by atoms with E-state index in [4.69, 9.17) is 4.74 Å². The minimum Gasteiger partial charge on any atom is -0.488 e. The second-order valence-electron chi connectivity index (χ2n) is 5.53. The molecule has 0 unspecified atom stereocenters. The molecule has 0 N–H and O–H groups in total. The van der Waals surface area contributed by atoms with Gasteiger partial charge in [0.25, 0.3) is 0 Å². The zero-order chi connectivity index (χ0) is 17.5. The standard InChI is InChI=1S/C22H17BrO2/c23-20-15-17(11-13-21(24)19-9-5-2-6-10-19)12-14-22(20)25-16-18-7-3-1-4-8-18/h1-15H,16H2/b13-11+. The highest BCUT2D eigenvalue weighted by Gasteiger charge is 2.04. The maximum absolute atomic E-state index is 12.1. The Balaban J connectivity index is 1.65. The number of ether oxygens (including phenoxy) is 1. The first kappa shape index (κ1) is 17.2. The maximum atomic E-state index is 12.1. The molecule has 0 bridgehead atoms. The van der Waals surface area contributed by atoms with Crippen molar-refractivity contribution in [3.8, 4) is 5.75 Å². The van der Waals surface area contributed by atoms with E-state index in [1.54, 1.807) is 12.2 Å². The lowest BCUT2D eigenvalue weighted by atomic mass is 10.1. The van der Waals surface area contributed by atoms with Crippen LogP contribution in [0.1, 0.15) is 21.5 Å². The van der Waals surface area contributed by atoms with Gasteiger partial charge in [-0.2, -0.15) is 0 Å². The monoisotopic (exact) mass is 392 g/mol. The van der Waals surface area contributed by atoms with E-state index in [0.29, 0.717) is 12.2 Å². The normalized spacial score (nSPS) is 10.8. The third kappa shape index (κ3) is 4.91. The SMILES string of the molecule is O=C(/C=C/c1ccc(OCc2ccccc2)c(Br)c1)c1ccccc1. The van der Waals surface area contributed by atoms with Gasteiger partial charge in [0, 0.05) is 5.56 Å². The Hall–Kier alpha value is -2.65. The van der Waals surface area contributed by atoms with Crippen molar-refractivity contribution in [2.75, 3.05) is 0 Å². The van der Waals surface area contributed by atoms with E-state index in [-0.39, 0.29) is 5.78 Å². The topological polar surface area (TPSA) is 26.3 Å². The molecule has 0 spiro atoms. The van der Waals surface area contributed by atoms with E-state index >= 15 is 0 Å². The first-order valence-electron chi connectivity index (χ1n) is 7.96. The van der Waals surface area contributed by atoms with Crippen LogP contribution >= 0.6 is 15.9 Å². The van der Waals surface area contributed by atoms with Gasteiger partial charge in [0.05, 0.1) is 4.47 Å². The van der Waals surface area contributed by atoms with E-state index < -0.39 is 0 Å². The lowest BCUT2D eigenvalue weighted by Crippen LogP contribution is -1.96. The summed E-state index contributed by atoms with van der Waals surface area (Å²) in [6.45, 7) is 0.515. The average Bonchev–Trinajstić information content (AvgIpc) is 2.67. The molecule has 0 aliphatic carbocycles. The summed E-state index contributed by atoms with van der Waals surface area (Å²) in [5.74, 6) is 0.761. The second-order valence-corrected chi connectivity index (χ2v) is 6.38. The third-order valence-electron chi connectivity index (χ3n) is 3.68. The number of halogens is 1. The molecule has 0 radical (unpaired) electrons. The van der Waals surface area contributed by atoms with Crippen molar-refractivity contribution in [2.45, 2.75) is 6.61 Å². The zero-order valence-electron chi connectivity index (χ0n) is 13.6. The summed E-state index contributed by atoms with van der Waals surface area (Å²) in [4.78, 5) is 12.1. The van der Waals surface area contributed by atoms with Crippen molar-refractivity contribution >= 4 is 27.8 Å². The average molecular weight is 393 g/mol. The van der Waals surface area contributed by atoms with Crippen LogP contribution < -0.4 is 4.74 Å². The van der Waals surface area contributed by atoms with Crippen molar-refractivity contribution < 1.29 is 9.53 Å². The van der Waals surface area contributed by atoms with Crippen molar-refractivity contribution in [1.82, 2.24) is 0 Å². The zero-order valence-corrected chi connectivity index (χ0v) is 15.1. The fourth-order valence-electron chi connectivity index (χ4n) is 2.34. The first-order chi connectivity index (χ1) is 12.2. The summed E-state index contributed by atoms with van der Waals surface area (Å²) in [7, 11) is 0. The molecule has 0 atom stereocenters. The molecule has 0 amide bonds. The molecular weight excluding hydrogens is 376 g/mol. The van der Waals surface area contributed by atoms with E-state index in [1.807, 2.05) is 78.9 Å². The van der Waals surface area contributed by atoms with Crippen LogP contribution in [-0.4, -0.2) is 5.78 Å². The number of carbonyl (C=O) groups excluding carboxylic acids is 1. The van der Waals surface area contributed by atoms with Gasteiger partial charge < -0.3 is 4.74 Å². The lowest BCUT2D eigenvalue weighted by Gasteiger charge is -2.09. The van der Waals surface area contributed by atoms with E-state index in [0.717, 1.165) is 21.3 Å². The number of allylic oxidation sites excluding steroid dienone is 1. The molecular formula is C22H17BrO2. The van der Waals surface area contributed by atoms with Crippen LogP contribution in [0.15, 0.2) is 89.4 Å². The van der Waals surface area contributed by atoms with Crippen molar-refractivity contribution in [1.29, 1.82) is 0 Å². The number of ketones is 1. The van der Waals surface area contributed by atoms with Crippen molar-refractivity contribution in [3.63, 3.8) is 0 Å². The molecule has 0 saturated carbocycles. The number of benzene rings is 3. The molecule has 0 aromatic heterocycles. The fourth-order valence-corrected chi connectivity index (χ4v) is 2.85. The Morgan fingerprint density at radius 1 is 0.920 bits per heavy atom. The Labute approximate surface area is 155 Å². The number of carbonyl (C=O) groups is 1. The van der Waals surface area contributed by atoms with E-state index in [1.165, 1.54) is 0 Å². The van der Waals surface area contributed by atoms with Crippen LogP contribution in [0.25, 0.3) is 6.08 Å². The second kappa shape index (κ2) is 8.45. The molecule has 0 saturated heterocycles. The largest absolute Gasteiger partial charge is 0.488 e. The van der Waals surface area contributed by atoms with Crippen LogP contribution in [0.4, 0.5) is 0 Å². The van der Waals surface area contributed by atoms with Gasteiger partial charge in [-0.15, -0.1) is 0 Å². The van der Waals surface area contributed by atoms with Gasteiger partial charge in [-0.3, -0.25) is 4.79 Å². The molecule has 25 heavy (non-hydrogen) atoms. The summed E-state index contributed by atoms with van der Waals surface area (Å²) >= 11 is 3.53. The number of hydrogen-bond acceptors (Lipinski definition) is 2. The summed E-state index contributed by atoms with van der Waals surface area (Å²) in [6, 6.07) is 25.0. The molecule has 0 heterocycles.